The molecule has 0 aliphatic rings. The van der Waals surface area contributed by atoms with Crippen molar-refractivity contribution in [2.75, 3.05) is 31.5 Å². The first-order valence-electron chi connectivity index (χ1n) is 12.0. The number of carbonyl (C=O) groups is 5. The van der Waals surface area contributed by atoms with Crippen LogP contribution in [-0.2, 0) is 25.7 Å². The molecule has 2 rings (SSSR count). The first kappa shape index (κ1) is 29.8. The Kier molecular flexibility index (Phi) is 12.2. The highest BCUT2D eigenvalue weighted by Crippen LogP contribution is 2.09. The number of hydrogen-bond acceptors (Lipinski definition) is 7. The van der Waals surface area contributed by atoms with Crippen molar-refractivity contribution in [3.8, 4) is 0 Å². The molecule has 0 fully saturated rings. The molecule has 38 heavy (non-hydrogen) atoms. The zero-order valence-electron chi connectivity index (χ0n) is 21.3. The number of benzene rings is 2. The van der Waals surface area contributed by atoms with E-state index in [-0.39, 0.29) is 50.2 Å². The summed E-state index contributed by atoms with van der Waals surface area (Å²) in [5.41, 5.74) is 1.34. The SMILES string of the molecule is CC(C)[C@H](NCC(=O)NCCNC(=O)OCc1ccccc1)C(=O)NCC(=O)Nc1ccc(C(=O)O)cc1. The van der Waals surface area contributed by atoms with E-state index in [9.17, 15) is 24.0 Å². The fourth-order valence-electron chi connectivity index (χ4n) is 3.22. The molecule has 0 saturated carbocycles. The molecule has 0 aliphatic heterocycles. The van der Waals surface area contributed by atoms with Crippen LogP contribution in [0.25, 0.3) is 0 Å². The average molecular weight is 528 g/mol. The summed E-state index contributed by atoms with van der Waals surface area (Å²) in [7, 11) is 0. The van der Waals surface area contributed by atoms with Crippen molar-refractivity contribution in [1.29, 1.82) is 0 Å². The maximum Gasteiger partial charge on any atom is 0.407 e. The molecule has 0 aromatic heterocycles. The molecule has 2 aromatic rings. The highest BCUT2D eigenvalue weighted by atomic mass is 16.5. The topological polar surface area (TPSA) is 175 Å². The number of rotatable bonds is 14. The fourth-order valence-corrected chi connectivity index (χ4v) is 3.22. The van der Waals surface area contributed by atoms with Gasteiger partial charge in [-0.25, -0.2) is 9.59 Å². The number of aromatic carboxylic acids is 1. The first-order valence-corrected chi connectivity index (χ1v) is 12.0. The van der Waals surface area contributed by atoms with E-state index < -0.39 is 29.9 Å². The van der Waals surface area contributed by atoms with Crippen LogP contribution in [0.5, 0.6) is 0 Å². The zero-order valence-corrected chi connectivity index (χ0v) is 21.3. The first-order chi connectivity index (χ1) is 18.2. The summed E-state index contributed by atoms with van der Waals surface area (Å²) in [4.78, 5) is 59.4. The highest BCUT2D eigenvalue weighted by Gasteiger charge is 2.23. The number of amides is 4. The predicted molar refractivity (Wildman–Crippen MR) is 139 cm³/mol. The van der Waals surface area contributed by atoms with Crippen LogP contribution in [0.15, 0.2) is 54.6 Å². The maximum absolute atomic E-state index is 12.6. The molecule has 0 bridgehead atoms. The van der Waals surface area contributed by atoms with Gasteiger partial charge in [-0.3, -0.25) is 19.7 Å². The normalized spacial score (nSPS) is 11.2. The number of ether oxygens (including phenoxy) is 1. The van der Waals surface area contributed by atoms with Gasteiger partial charge in [0.05, 0.1) is 24.7 Å². The smallest absolute Gasteiger partial charge is 0.407 e. The van der Waals surface area contributed by atoms with Gasteiger partial charge in [0.1, 0.15) is 6.61 Å². The van der Waals surface area contributed by atoms with E-state index >= 15 is 0 Å². The lowest BCUT2D eigenvalue weighted by Gasteiger charge is -2.21. The third-order valence-corrected chi connectivity index (χ3v) is 5.20. The molecule has 0 radical (unpaired) electrons. The Balaban J connectivity index is 1.64. The lowest BCUT2D eigenvalue weighted by atomic mass is 10.0. The average Bonchev–Trinajstić information content (AvgIpc) is 2.89. The van der Waals surface area contributed by atoms with Crippen LogP contribution < -0.4 is 26.6 Å². The number of alkyl carbamates (subject to hydrolysis) is 1. The van der Waals surface area contributed by atoms with Crippen molar-refractivity contribution >= 4 is 35.5 Å². The molecule has 1 atom stereocenters. The molecule has 0 saturated heterocycles. The molecular formula is C26H33N5O7. The Morgan fingerprint density at radius 1 is 0.816 bits per heavy atom. The van der Waals surface area contributed by atoms with E-state index in [4.69, 9.17) is 9.84 Å². The van der Waals surface area contributed by atoms with Crippen LogP contribution in [-0.4, -0.2) is 67.1 Å². The maximum atomic E-state index is 12.6. The molecule has 204 valence electrons. The fraction of sp³-hybridized carbons (Fsp3) is 0.346. The van der Waals surface area contributed by atoms with Gasteiger partial charge in [-0.05, 0) is 35.7 Å². The molecule has 12 nitrogen and oxygen atoms in total. The Hall–Kier alpha value is -4.45. The van der Waals surface area contributed by atoms with Crippen molar-refractivity contribution in [2.24, 2.45) is 5.92 Å². The minimum atomic E-state index is -1.08. The summed E-state index contributed by atoms with van der Waals surface area (Å²) >= 11 is 0. The minimum absolute atomic E-state index is 0.0868. The van der Waals surface area contributed by atoms with E-state index in [1.807, 2.05) is 30.3 Å². The van der Waals surface area contributed by atoms with Gasteiger partial charge in [-0.15, -0.1) is 0 Å². The lowest BCUT2D eigenvalue weighted by molar-refractivity contribution is -0.127. The summed E-state index contributed by atoms with van der Waals surface area (Å²) in [6.45, 7) is 3.63. The number of carbonyl (C=O) groups excluding carboxylic acids is 4. The van der Waals surface area contributed by atoms with Gasteiger partial charge in [0.25, 0.3) is 0 Å². The quantitative estimate of drug-likeness (QED) is 0.198. The minimum Gasteiger partial charge on any atom is -0.478 e. The van der Waals surface area contributed by atoms with Crippen LogP contribution in [0, 0.1) is 5.92 Å². The molecule has 0 spiro atoms. The third-order valence-electron chi connectivity index (χ3n) is 5.20. The number of hydrogen-bond donors (Lipinski definition) is 6. The molecular weight excluding hydrogens is 494 g/mol. The number of nitrogens with one attached hydrogen (secondary N) is 5. The second-order valence-corrected chi connectivity index (χ2v) is 8.59. The van der Waals surface area contributed by atoms with Crippen LogP contribution in [0.3, 0.4) is 0 Å². The Bertz CT molecular complexity index is 1090. The molecule has 12 heteroatoms. The highest BCUT2D eigenvalue weighted by molar-refractivity contribution is 5.96. The molecule has 4 amide bonds. The van der Waals surface area contributed by atoms with Gasteiger partial charge in [0.15, 0.2) is 0 Å². The Labute approximate surface area is 220 Å². The lowest BCUT2D eigenvalue weighted by Crippen LogP contribution is -2.51. The van der Waals surface area contributed by atoms with Crippen molar-refractivity contribution in [1.82, 2.24) is 21.3 Å². The van der Waals surface area contributed by atoms with Crippen LogP contribution in [0.4, 0.5) is 10.5 Å². The monoisotopic (exact) mass is 527 g/mol. The van der Waals surface area contributed by atoms with E-state index in [0.29, 0.717) is 5.69 Å². The third kappa shape index (κ3) is 11.1. The Morgan fingerprint density at radius 2 is 1.47 bits per heavy atom. The summed E-state index contributed by atoms with van der Waals surface area (Å²) in [5.74, 6) is -2.56. The van der Waals surface area contributed by atoms with Gasteiger partial charge >= 0.3 is 12.1 Å². The van der Waals surface area contributed by atoms with E-state index in [2.05, 4.69) is 26.6 Å². The second kappa shape index (κ2) is 15.6. The van der Waals surface area contributed by atoms with E-state index in [1.165, 1.54) is 24.3 Å². The Morgan fingerprint density at radius 3 is 2.11 bits per heavy atom. The van der Waals surface area contributed by atoms with Crippen LogP contribution >= 0.6 is 0 Å². The summed E-state index contributed by atoms with van der Waals surface area (Å²) in [5, 5.41) is 22.0. The molecule has 0 unspecified atom stereocenters. The predicted octanol–water partition coefficient (Wildman–Crippen LogP) is 1.10. The second-order valence-electron chi connectivity index (χ2n) is 8.59. The summed E-state index contributed by atoms with van der Waals surface area (Å²) in [6, 6.07) is 14.1. The summed E-state index contributed by atoms with van der Waals surface area (Å²) < 4.78 is 5.08. The largest absolute Gasteiger partial charge is 0.478 e. The zero-order chi connectivity index (χ0) is 27.9. The van der Waals surface area contributed by atoms with Crippen LogP contribution in [0.1, 0.15) is 29.8 Å². The molecule has 2 aromatic carbocycles. The van der Waals surface area contributed by atoms with Crippen molar-refractivity contribution in [2.45, 2.75) is 26.5 Å². The van der Waals surface area contributed by atoms with Crippen molar-refractivity contribution in [3.63, 3.8) is 0 Å². The molecule has 0 heterocycles. The van der Waals surface area contributed by atoms with Crippen molar-refractivity contribution < 1.29 is 33.8 Å². The van der Waals surface area contributed by atoms with Crippen LogP contribution in [0.2, 0.25) is 0 Å². The van der Waals surface area contributed by atoms with Gasteiger partial charge in [-0.2, -0.15) is 0 Å². The van der Waals surface area contributed by atoms with Gasteiger partial charge in [0.2, 0.25) is 17.7 Å². The number of anilines is 1. The number of carboxylic acid groups (broad SMARTS) is 1. The standard InChI is InChI=1S/C26H33N5O7/c1-17(2)23(24(34)30-15-22(33)31-20-10-8-19(9-11-20)25(35)36)29-14-21(32)27-12-13-28-26(37)38-16-18-6-4-3-5-7-18/h3-11,17,23,29H,12-16H2,1-2H3,(H,27,32)(H,28,37)(H,30,34)(H,31,33)(H,35,36)/t23-/m0/s1. The molecule has 0 aliphatic carbocycles. The van der Waals surface area contributed by atoms with Gasteiger partial charge in [0, 0.05) is 18.8 Å². The van der Waals surface area contributed by atoms with Gasteiger partial charge < -0.3 is 31.1 Å². The van der Waals surface area contributed by atoms with E-state index in [0.717, 1.165) is 5.56 Å². The van der Waals surface area contributed by atoms with Gasteiger partial charge in [-0.1, -0.05) is 44.2 Å². The summed E-state index contributed by atoms with van der Waals surface area (Å²) in [6.07, 6.45) is -0.598. The number of carboxylic acids is 1. The molecule has 6 N–H and O–H groups in total. The van der Waals surface area contributed by atoms with E-state index in [1.54, 1.807) is 13.8 Å². The van der Waals surface area contributed by atoms with Crippen molar-refractivity contribution in [3.05, 3.63) is 65.7 Å².